The highest BCUT2D eigenvalue weighted by Crippen LogP contribution is 2.32. The number of amides is 1. The van der Waals surface area contributed by atoms with Gasteiger partial charge in [-0.15, -0.1) is 0 Å². The molecule has 0 aromatic carbocycles. The molecule has 2 saturated heterocycles. The Kier molecular flexibility index (Phi) is 4.72. The fraction of sp³-hybridized carbons (Fsp3) is 0.421. The summed E-state index contributed by atoms with van der Waals surface area (Å²) in [6, 6.07) is 8.10. The number of nitrogens with one attached hydrogen (secondary N) is 1. The first kappa shape index (κ1) is 16.2. The molecule has 0 radical (unpaired) electrons. The summed E-state index contributed by atoms with van der Waals surface area (Å²) in [6.45, 7) is 2.32. The average Bonchev–Trinajstić information content (AvgIpc) is 3.12. The third kappa shape index (κ3) is 3.70. The third-order valence-corrected chi connectivity index (χ3v) is 5.02. The topological polar surface area (TPSA) is 67.3 Å². The van der Waals surface area contributed by atoms with E-state index in [1.165, 1.54) is 5.56 Å². The first-order chi connectivity index (χ1) is 12.3. The van der Waals surface area contributed by atoms with E-state index >= 15 is 0 Å². The maximum absolute atomic E-state index is 12.7. The lowest BCUT2D eigenvalue weighted by Crippen LogP contribution is -2.51. The minimum Gasteiger partial charge on any atom is -0.377 e. The van der Waals surface area contributed by atoms with Crippen molar-refractivity contribution < 1.29 is 9.53 Å². The van der Waals surface area contributed by atoms with Gasteiger partial charge in [0.1, 0.15) is 0 Å². The number of carbonyl (C=O) groups is 1. The number of fused-ring (bicyclic) bond motifs is 1. The number of hydrogen-bond donors (Lipinski definition) is 1. The van der Waals surface area contributed by atoms with Crippen LogP contribution >= 0.6 is 0 Å². The van der Waals surface area contributed by atoms with Crippen molar-refractivity contribution in [3.05, 3.63) is 54.6 Å². The molecule has 1 amide bonds. The molecule has 3 atom stereocenters. The van der Waals surface area contributed by atoms with E-state index in [9.17, 15) is 4.79 Å². The number of hydrogen-bond acceptors (Lipinski definition) is 5. The van der Waals surface area contributed by atoms with Crippen LogP contribution in [0.4, 0.5) is 5.69 Å². The quantitative estimate of drug-likeness (QED) is 0.925. The Hall–Kier alpha value is -2.31. The average molecular weight is 338 g/mol. The fourth-order valence-corrected chi connectivity index (χ4v) is 3.83. The summed E-state index contributed by atoms with van der Waals surface area (Å²) in [5.74, 6) is -0.0469. The number of aromatic nitrogens is 2. The zero-order chi connectivity index (χ0) is 17.1. The summed E-state index contributed by atoms with van der Waals surface area (Å²) < 4.78 is 5.91. The van der Waals surface area contributed by atoms with Crippen LogP contribution in [-0.2, 0) is 16.1 Å². The molecule has 130 valence electrons. The van der Waals surface area contributed by atoms with Crippen molar-refractivity contribution in [3.63, 3.8) is 0 Å². The van der Waals surface area contributed by atoms with Gasteiger partial charge < -0.3 is 10.1 Å². The highest BCUT2D eigenvalue weighted by molar-refractivity contribution is 5.92. The number of piperidine rings is 1. The predicted octanol–water partition coefficient (Wildman–Crippen LogP) is 2.09. The summed E-state index contributed by atoms with van der Waals surface area (Å²) in [4.78, 5) is 23.4. The molecule has 6 heteroatoms. The second-order valence-corrected chi connectivity index (χ2v) is 6.72. The molecule has 2 aromatic heterocycles. The highest BCUT2D eigenvalue weighted by Gasteiger charge is 2.42. The van der Waals surface area contributed by atoms with E-state index in [1.54, 1.807) is 18.6 Å². The van der Waals surface area contributed by atoms with Crippen molar-refractivity contribution >= 4 is 11.6 Å². The number of ether oxygens (including phenoxy) is 1. The maximum atomic E-state index is 12.7. The van der Waals surface area contributed by atoms with E-state index < -0.39 is 0 Å². The smallest absolute Gasteiger partial charge is 0.228 e. The maximum Gasteiger partial charge on any atom is 0.228 e. The summed E-state index contributed by atoms with van der Waals surface area (Å²) >= 11 is 0. The third-order valence-electron chi connectivity index (χ3n) is 5.02. The van der Waals surface area contributed by atoms with Gasteiger partial charge >= 0.3 is 0 Å². The van der Waals surface area contributed by atoms with Gasteiger partial charge in [-0.25, -0.2) is 0 Å². The van der Waals surface area contributed by atoms with Crippen LogP contribution in [0.25, 0.3) is 0 Å². The number of likely N-dealkylation sites (tertiary alicyclic amines) is 1. The molecule has 4 rings (SSSR count). The van der Waals surface area contributed by atoms with E-state index in [4.69, 9.17) is 4.74 Å². The van der Waals surface area contributed by atoms with Crippen LogP contribution in [0.3, 0.4) is 0 Å². The molecular formula is C19H22N4O2. The zero-order valence-electron chi connectivity index (χ0n) is 14.0. The van der Waals surface area contributed by atoms with Crippen molar-refractivity contribution in [3.8, 4) is 0 Å². The molecule has 25 heavy (non-hydrogen) atoms. The van der Waals surface area contributed by atoms with Crippen LogP contribution in [0.5, 0.6) is 0 Å². The van der Waals surface area contributed by atoms with Gasteiger partial charge in [0.15, 0.2) is 0 Å². The molecule has 2 aromatic rings. The Labute approximate surface area is 147 Å². The molecule has 0 unspecified atom stereocenters. The van der Waals surface area contributed by atoms with Crippen LogP contribution < -0.4 is 5.32 Å². The SMILES string of the molecule is O=C(Nc1cccnc1)[C@@H]1C[C@@H]2OCC[C@@H]2N(Cc2cccnc2)C1. The number of carbonyl (C=O) groups excluding carboxylic acids is 1. The molecule has 1 N–H and O–H groups in total. The second kappa shape index (κ2) is 7.29. The minimum atomic E-state index is -0.0868. The van der Waals surface area contributed by atoms with E-state index in [-0.39, 0.29) is 17.9 Å². The fourth-order valence-electron chi connectivity index (χ4n) is 3.83. The zero-order valence-corrected chi connectivity index (χ0v) is 14.0. The number of anilines is 1. The minimum absolute atomic E-state index is 0.0399. The summed E-state index contributed by atoms with van der Waals surface area (Å²) in [7, 11) is 0. The van der Waals surface area contributed by atoms with Crippen molar-refractivity contribution in [2.45, 2.75) is 31.5 Å². The van der Waals surface area contributed by atoms with E-state index in [0.717, 1.165) is 38.2 Å². The Morgan fingerprint density at radius 3 is 2.84 bits per heavy atom. The lowest BCUT2D eigenvalue weighted by Gasteiger charge is -2.40. The molecule has 0 saturated carbocycles. The first-order valence-corrected chi connectivity index (χ1v) is 8.75. The second-order valence-electron chi connectivity index (χ2n) is 6.72. The van der Waals surface area contributed by atoms with Gasteiger partial charge in [0.05, 0.1) is 23.9 Å². The van der Waals surface area contributed by atoms with Crippen LogP contribution in [0.15, 0.2) is 49.1 Å². The van der Waals surface area contributed by atoms with Gasteiger partial charge in [0.2, 0.25) is 5.91 Å². The lowest BCUT2D eigenvalue weighted by atomic mass is 9.89. The molecule has 0 aliphatic carbocycles. The van der Waals surface area contributed by atoms with Gasteiger partial charge in [-0.1, -0.05) is 6.07 Å². The van der Waals surface area contributed by atoms with Crippen molar-refractivity contribution in [2.75, 3.05) is 18.5 Å². The van der Waals surface area contributed by atoms with Gasteiger partial charge in [0, 0.05) is 44.3 Å². The van der Waals surface area contributed by atoms with Crippen LogP contribution in [0.1, 0.15) is 18.4 Å². The monoisotopic (exact) mass is 338 g/mol. The van der Waals surface area contributed by atoms with Crippen LogP contribution in [0.2, 0.25) is 0 Å². The standard InChI is InChI=1S/C19H22N4O2/c24-19(22-16-4-2-7-21-11-16)15-9-18-17(5-8-25-18)23(13-15)12-14-3-1-6-20-10-14/h1-4,6-7,10-11,15,17-18H,5,8-9,12-13H2,(H,22,24)/t15-,17+,18+/m1/s1. The molecule has 0 bridgehead atoms. The Morgan fingerprint density at radius 1 is 1.24 bits per heavy atom. The molecular weight excluding hydrogens is 316 g/mol. The van der Waals surface area contributed by atoms with E-state index in [0.29, 0.717) is 6.04 Å². The van der Waals surface area contributed by atoms with E-state index in [2.05, 4.69) is 26.3 Å². The van der Waals surface area contributed by atoms with Gasteiger partial charge in [-0.3, -0.25) is 19.7 Å². The molecule has 6 nitrogen and oxygen atoms in total. The Morgan fingerprint density at radius 2 is 2.08 bits per heavy atom. The summed E-state index contributed by atoms with van der Waals surface area (Å²) in [5, 5.41) is 2.98. The van der Waals surface area contributed by atoms with Gasteiger partial charge in [-0.05, 0) is 36.6 Å². The molecule has 4 heterocycles. The molecule has 2 aliphatic rings. The van der Waals surface area contributed by atoms with Crippen molar-refractivity contribution in [1.82, 2.24) is 14.9 Å². The lowest BCUT2D eigenvalue weighted by molar-refractivity contribution is -0.124. The van der Waals surface area contributed by atoms with Crippen molar-refractivity contribution in [1.29, 1.82) is 0 Å². The van der Waals surface area contributed by atoms with Crippen LogP contribution in [0, 0.1) is 5.92 Å². The molecule has 2 fully saturated rings. The molecule has 2 aliphatic heterocycles. The highest BCUT2D eigenvalue weighted by atomic mass is 16.5. The number of pyridine rings is 2. The van der Waals surface area contributed by atoms with Gasteiger partial charge in [-0.2, -0.15) is 0 Å². The van der Waals surface area contributed by atoms with Crippen molar-refractivity contribution in [2.24, 2.45) is 5.92 Å². The molecule has 0 spiro atoms. The number of rotatable bonds is 4. The Balaban J connectivity index is 1.47. The van der Waals surface area contributed by atoms with Crippen LogP contribution in [-0.4, -0.2) is 46.1 Å². The largest absolute Gasteiger partial charge is 0.377 e. The first-order valence-electron chi connectivity index (χ1n) is 8.75. The number of nitrogens with zero attached hydrogens (tertiary/aromatic N) is 3. The van der Waals surface area contributed by atoms with E-state index in [1.807, 2.05) is 24.4 Å². The predicted molar refractivity (Wildman–Crippen MR) is 93.8 cm³/mol. The summed E-state index contributed by atoms with van der Waals surface area (Å²) in [6.07, 6.45) is 8.99. The normalized spacial score (nSPS) is 26.2. The Bertz CT molecular complexity index is 710. The summed E-state index contributed by atoms with van der Waals surface area (Å²) in [5.41, 5.74) is 1.90. The van der Waals surface area contributed by atoms with Gasteiger partial charge in [0.25, 0.3) is 0 Å².